The molecule has 1 nitrogen and oxygen atoms in total. The highest BCUT2D eigenvalue weighted by Crippen LogP contribution is 2.41. The molecular formula is C12H24NP. The molecule has 1 heterocycles. The van der Waals surface area contributed by atoms with Gasteiger partial charge in [0.2, 0.25) is 0 Å². The minimum absolute atomic E-state index is 0.336. The van der Waals surface area contributed by atoms with Crippen LogP contribution in [0.25, 0.3) is 0 Å². The van der Waals surface area contributed by atoms with Crippen LogP contribution >= 0.6 is 7.92 Å². The molecule has 0 spiro atoms. The van der Waals surface area contributed by atoms with Crippen LogP contribution in [0, 0.1) is 17.8 Å². The van der Waals surface area contributed by atoms with Crippen molar-refractivity contribution in [1.29, 1.82) is 0 Å². The van der Waals surface area contributed by atoms with Crippen molar-refractivity contribution >= 4 is 7.92 Å². The number of rotatable bonds is 2. The number of hydrogen-bond donors (Lipinski definition) is 1. The van der Waals surface area contributed by atoms with Crippen LogP contribution in [0.4, 0.5) is 0 Å². The lowest BCUT2D eigenvalue weighted by Crippen LogP contribution is -2.40. The van der Waals surface area contributed by atoms with Gasteiger partial charge in [-0.05, 0) is 76.0 Å². The van der Waals surface area contributed by atoms with E-state index in [4.69, 9.17) is 0 Å². The maximum Gasteiger partial charge on any atom is -0.00179 e. The Kier molecular flexibility index (Phi) is 3.85. The summed E-state index contributed by atoms with van der Waals surface area (Å²) in [5, 5.41) is 3.54. The van der Waals surface area contributed by atoms with Gasteiger partial charge in [-0.2, -0.15) is 0 Å². The molecule has 2 aliphatic rings. The van der Waals surface area contributed by atoms with E-state index in [1.165, 1.54) is 38.5 Å². The zero-order valence-electron chi connectivity index (χ0n) is 9.63. The average molecular weight is 213 g/mol. The molecule has 0 amide bonds. The maximum atomic E-state index is 3.54. The van der Waals surface area contributed by atoms with E-state index in [9.17, 15) is 0 Å². The quantitative estimate of drug-likeness (QED) is 0.695. The van der Waals surface area contributed by atoms with E-state index in [0.29, 0.717) is 7.92 Å². The summed E-state index contributed by atoms with van der Waals surface area (Å²) in [6.07, 6.45) is 7.56. The van der Waals surface area contributed by atoms with Gasteiger partial charge in [0.25, 0.3) is 0 Å². The fraction of sp³-hybridized carbons (Fsp3) is 1.00. The predicted molar refractivity (Wildman–Crippen MR) is 65.4 cm³/mol. The van der Waals surface area contributed by atoms with Crippen LogP contribution in [0.15, 0.2) is 0 Å². The van der Waals surface area contributed by atoms with Gasteiger partial charge in [-0.25, -0.2) is 0 Å². The second-order valence-electron chi connectivity index (χ2n) is 5.45. The number of nitrogens with one attached hydrogen (secondary N) is 1. The molecule has 1 aliphatic heterocycles. The smallest absolute Gasteiger partial charge is 0.00179 e. The normalized spacial score (nSPS) is 38.4. The first-order chi connectivity index (χ1) is 6.75. The maximum absolute atomic E-state index is 3.54. The second-order valence-corrected chi connectivity index (χ2v) is 7.98. The first-order valence-corrected chi connectivity index (χ1v) is 8.53. The Balaban J connectivity index is 1.83. The van der Waals surface area contributed by atoms with Crippen molar-refractivity contribution in [2.24, 2.45) is 17.8 Å². The van der Waals surface area contributed by atoms with E-state index < -0.39 is 0 Å². The minimum Gasteiger partial charge on any atom is -0.316 e. The molecular weight excluding hydrogens is 189 g/mol. The molecule has 0 aromatic rings. The van der Waals surface area contributed by atoms with Crippen LogP contribution < -0.4 is 5.32 Å². The highest BCUT2D eigenvalue weighted by molar-refractivity contribution is 7.55. The van der Waals surface area contributed by atoms with E-state index in [0.717, 1.165) is 17.8 Å². The summed E-state index contributed by atoms with van der Waals surface area (Å²) in [6, 6.07) is 0. The monoisotopic (exact) mass is 213 g/mol. The van der Waals surface area contributed by atoms with Crippen LogP contribution in [0.2, 0.25) is 0 Å². The van der Waals surface area contributed by atoms with Crippen molar-refractivity contribution in [3.63, 3.8) is 0 Å². The lowest BCUT2D eigenvalue weighted by Gasteiger charge is -2.40. The van der Waals surface area contributed by atoms with Gasteiger partial charge in [0.05, 0.1) is 0 Å². The van der Waals surface area contributed by atoms with Crippen molar-refractivity contribution in [2.75, 3.05) is 32.6 Å². The summed E-state index contributed by atoms with van der Waals surface area (Å²) in [5.74, 6) is 3.18. The lowest BCUT2D eigenvalue weighted by molar-refractivity contribution is 0.151. The van der Waals surface area contributed by atoms with Crippen LogP contribution in [0.5, 0.6) is 0 Å². The Morgan fingerprint density at radius 1 is 1.14 bits per heavy atom. The summed E-state index contributed by atoms with van der Waals surface area (Å²) in [7, 11) is 0.336. The zero-order valence-corrected chi connectivity index (χ0v) is 10.5. The van der Waals surface area contributed by atoms with E-state index in [-0.39, 0.29) is 0 Å². The van der Waals surface area contributed by atoms with Crippen LogP contribution in [0.3, 0.4) is 0 Å². The van der Waals surface area contributed by atoms with Gasteiger partial charge < -0.3 is 5.32 Å². The summed E-state index contributed by atoms with van der Waals surface area (Å²) in [5.41, 5.74) is 0. The third kappa shape index (κ3) is 2.70. The van der Waals surface area contributed by atoms with Gasteiger partial charge in [0.1, 0.15) is 0 Å². The molecule has 1 saturated carbocycles. The largest absolute Gasteiger partial charge is 0.316 e. The average Bonchev–Trinajstić information content (AvgIpc) is 2.17. The topological polar surface area (TPSA) is 12.0 Å². The Morgan fingerprint density at radius 2 is 2.00 bits per heavy atom. The van der Waals surface area contributed by atoms with E-state index >= 15 is 0 Å². The summed E-state index contributed by atoms with van der Waals surface area (Å²) in [4.78, 5) is 0. The summed E-state index contributed by atoms with van der Waals surface area (Å²) < 4.78 is 0. The van der Waals surface area contributed by atoms with Gasteiger partial charge in [-0.3, -0.25) is 0 Å². The number of fused-ring (bicyclic) bond motifs is 1. The molecule has 1 saturated heterocycles. The molecule has 2 fully saturated rings. The minimum atomic E-state index is 0.336. The SMILES string of the molecule is CP(C)CC1CCC2CNCCC2C1. The Morgan fingerprint density at radius 3 is 2.79 bits per heavy atom. The van der Waals surface area contributed by atoms with Crippen molar-refractivity contribution in [3.05, 3.63) is 0 Å². The van der Waals surface area contributed by atoms with Crippen molar-refractivity contribution in [2.45, 2.75) is 25.7 Å². The van der Waals surface area contributed by atoms with Gasteiger partial charge in [-0.15, -0.1) is 7.92 Å². The van der Waals surface area contributed by atoms with E-state index in [1.54, 1.807) is 6.42 Å². The number of piperidine rings is 1. The van der Waals surface area contributed by atoms with Gasteiger partial charge in [0.15, 0.2) is 0 Å². The van der Waals surface area contributed by atoms with Crippen molar-refractivity contribution < 1.29 is 0 Å². The van der Waals surface area contributed by atoms with Crippen LogP contribution in [-0.4, -0.2) is 32.6 Å². The molecule has 1 aliphatic carbocycles. The molecule has 0 aromatic carbocycles. The Labute approximate surface area is 89.8 Å². The van der Waals surface area contributed by atoms with Crippen LogP contribution in [-0.2, 0) is 0 Å². The van der Waals surface area contributed by atoms with Gasteiger partial charge in [-0.1, -0.05) is 0 Å². The Bertz CT molecular complexity index is 181. The zero-order chi connectivity index (χ0) is 9.97. The highest BCUT2D eigenvalue weighted by atomic mass is 31.1. The molecule has 14 heavy (non-hydrogen) atoms. The molecule has 82 valence electrons. The fourth-order valence-electron chi connectivity index (χ4n) is 3.30. The third-order valence-electron chi connectivity index (χ3n) is 3.97. The van der Waals surface area contributed by atoms with Gasteiger partial charge in [0, 0.05) is 0 Å². The van der Waals surface area contributed by atoms with Crippen molar-refractivity contribution in [1.82, 2.24) is 5.32 Å². The first-order valence-electron chi connectivity index (χ1n) is 6.11. The van der Waals surface area contributed by atoms with Crippen LogP contribution in [0.1, 0.15) is 25.7 Å². The molecule has 1 N–H and O–H groups in total. The molecule has 0 aromatic heterocycles. The molecule has 2 heteroatoms. The summed E-state index contributed by atoms with van der Waals surface area (Å²) >= 11 is 0. The molecule has 2 rings (SSSR count). The van der Waals surface area contributed by atoms with E-state index in [2.05, 4.69) is 18.6 Å². The fourth-order valence-corrected chi connectivity index (χ4v) is 4.67. The molecule has 0 bridgehead atoms. The molecule has 0 radical (unpaired) electrons. The second kappa shape index (κ2) is 4.94. The molecule has 3 atom stereocenters. The van der Waals surface area contributed by atoms with E-state index in [1.807, 2.05) is 0 Å². The predicted octanol–water partition coefficient (Wildman–Crippen LogP) is 2.75. The lowest BCUT2D eigenvalue weighted by atomic mass is 9.72. The van der Waals surface area contributed by atoms with Crippen molar-refractivity contribution in [3.8, 4) is 0 Å². The third-order valence-corrected chi connectivity index (χ3v) is 5.22. The highest BCUT2D eigenvalue weighted by Gasteiger charge is 2.31. The van der Waals surface area contributed by atoms with Gasteiger partial charge >= 0.3 is 0 Å². The summed E-state index contributed by atoms with van der Waals surface area (Å²) in [6.45, 7) is 7.46. The number of hydrogen-bond acceptors (Lipinski definition) is 1. The Hall–Kier alpha value is 0.390. The first kappa shape index (κ1) is 10.9. The standard InChI is InChI=1S/C12H24NP/c1-14(2)9-10-3-4-12-8-13-6-5-11(12)7-10/h10-13H,3-9H2,1-2H3. The molecule has 3 unspecified atom stereocenters.